The summed E-state index contributed by atoms with van der Waals surface area (Å²) in [4.78, 5) is 10.3. The fourth-order valence-corrected chi connectivity index (χ4v) is 1.59. The van der Waals surface area contributed by atoms with Gasteiger partial charge in [-0.2, -0.15) is 0 Å². The highest BCUT2D eigenvalue weighted by atomic mass is 16.5. The summed E-state index contributed by atoms with van der Waals surface area (Å²) in [5.41, 5.74) is 3.16. The van der Waals surface area contributed by atoms with E-state index in [1.54, 1.807) is 13.2 Å². The first-order valence-corrected chi connectivity index (χ1v) is 7.84. The first-order valence-electron chi connectivity index (χ1n) is 7.84. The van der Waals surface area contributed by atoms with Crippen LogP contribution >= 0.6 is 0 Å². The molecular formula is C21H30O2. The van der Waals surface area contributed by atoms with Crippen LogP contribution in [0.3, 0.4) is 0 Å². The van der Waals surface area contributed by atoms with Gasteiger partial charge in [0.2, 0.25) is 0 Å². The molecule has 0 unspecified atom stereocenters. The number of carbonyl (C=O) groups is 1. The van der Waals surface area contributed by atoms with Crippen LogP contribution in [0, 0.1) is 0 Å². The number of hydrogen-bond acceptors (Lipinski definition) is 2. The van der Waals surface area contributed by atoms with Crippen molar-refractivity contribution in [1.82, 2.24) is 0 Å². The maximum absolute atomic E-state index is 10.3. The zero-order valence-electron chi connectivity index (χ0n) is 15.3. The van der Waals surface area contributed by atoms with Crippen LogP contribution in [-0.4, -0.2) is 19.0 Å². The summed E-state index contributed by atoms with van der Waals surface area (Å²) in [5, 5.41) is 0. The van der Waals surface area contributed by atoms with E-state index in [9.17, 15) is 4.79 Å². The van der Waals surface area contributed by atoms with Crippen LogP contribution < -0.4 is 0 Å². The molecule has 0 bridgehead atoms. The van der Waals surface area contributed by atoms with Crippen molar-refractivity contribution in [3.05, 3.63) is 71.4 Å². The fourth-order valence-electron chi connectivity index (χ4n) is 1.59. The number of carbonyl (C=O) groups excluding carboxylic acids is 1. The summed E-state index contributed by atoms with van der Waals surface area (Å²) in [6.45, 7) is 10.2. The summed E-state index contributed by atoms with van der Waals surface area (Å²) in [5.74, 6) is 0. The van der Waals surface area contributed by atoms with Gasteiger partial charge >= 0.3 is 0 Å². The maximum atomic E-state index is 10.3. The van der Waals surface area contributed by atoms with Gasteiger partial charge in [-0.15, -0.1) is 0 Å². The van der Waals surface area contributed by atoms with Crippen molar-refractivity contribution < 1.29 is 9.53 Å². The predicted molar refractivity (Wildman–Crippen MR) is 100 cm³/mol. The molecule has 0 aromatic rings. The van der Waals surface area contributed by atoms with Crippen LogP contribution in [0.1, 0.15) is 41.0 Å². The molecule has 0 spiro atoms. The molecule has 2 heteroatoms. The molecule has 0 radical (unpaired) electrons. The predicted octanol–water partition coefficient (Wildman–Crippen LogP) is 5.51. The Bertz CT molecular complexity index is 538. The van der Waals surface area contributed by atoms with Crippen molar-refractivity contribution in [3.63, 3.8) is 0 Å². The van der Waals surface area contributed by atoms with Crippen LogP contribution in [0.4, 0.5) is 0 Å². The van der Waals surface area contributed by atoms with Gasteiger partial charge in [0.05, 0.1) is 5.60 Å². The summed E-state index contributed by atoms with van der Waals surface area (Å²) < 4.78 is 5.38. The van der Waals surface area contributed by atoms with Crippen LogP contribution in [0.2, 0.25) is 0 Å². The average molecular weight is 314 g/mol. The van der Waals surface area contributed by atoms with E-state index in [2.05, 4.69) is 45.1 Å². The lowest BCUT2D eigenvalue weighted by atomic mass is 10.0. The highest BCUT2D eigenvalue weighted by Crippen LogP contribution is 2.14. The molecule has 0 aliphatic rings. The second kappa shape index (κ2) is 11.6. The van der Waals surface area contributed by atoms with Gasteiger partial charge in [-0.25, -0.2) is 0 Å². The summed E-state index contributed by atoms with van der Waals surface area (Å²) >= 11 is 0. The first kappa shape index (κ1) is 21.1. The van der Waals surface area contributed by atoms with E-state index in [1.165, 1.54) is 5.57 Å². The van der Waals surface area contributed by atoms with Gasteiger partial charge in [0.25, 0.3) is 0 Å². The van der Waals surface area contributed by atoms with Crippen molar-refractivity contribution >= 4 is 6.29 Å². The van der Waals surface area contributed by atoms with Gasteiger partial charge in [-0.05, 0) is 52.7 Å². The second-order valence-electron chi connectivity index (χ2n) is 6.16. The van der Waals surface area contributed by atoms with Gasteiger partial charge in [-0.3, -0.25) is 4.79 Å². The number of methoxy groups -OCH3 is 1. The molecule has 0 aromatic carbocycles. The monoisotopic (exact) mass is 314 g/mol. The number of ether oxygens (including phenoxy) is 1. The zero-order chi connectivity index (χ0) is 17.7. The molecule has 0 heterocycles. The highest BCUT2D eigenvalue weighted by molar-refractivity contribution is 5.66. The lowest BCUT2D eigenvalue weighted by Crippen LogP contribution is -2.20. The molecule has 2 nitrogen and oxygen atoms in total. The van der Waals surface area contributed by atoms with Crippen molar-refractivity contribution in [2.45, 2.75) is 46.6 Å². The molecule has 0 aliphatic heterocycles. The number of allylic oxidation sites excluding steroid dienone is 11. The van der Waals surface area contributed by atoms with Gasteiger partial charge in [0.15, 0.2) is 0 Å². The molecule has 126 valence electrons. The molecular weight excluding hydrogens is 284 g/mol. The molecule has 0 aromatic heterocycles. The quantitative estimate of drug-likeness (QED) is 0.319. The smallest absolute Gasteiger partial charge is 0.143 e. The third-order valence-corrected chi connectivity index (χ3v) is 3.31. The van der Waals surface area contributed by atoms with E-state index in [1.807, 2.05) is 38.2 Å². The standard InChI is InChI=1S/C21H30O2/c1-18(11-8-13-20(3)15-17-22)10-7-12-19(2)14-9-16-21(4,5)23-6/h7-15,17H,16H2,1-6H3/b10-7+,13-8+,14-9+,18-11-,19-12+,20-15+. The summed E-state index contributed by atoms with van der Waals surface area (Å²) in [7, 11) is 1.74. The fraction of sp³-hybridized carbons (Fsp3) is 0.381. The molecule has 0 rings (SSSR count). The van der Waals surface area contributed by atoms with E-state index in [-0.39, 0.29) is 5.60 Å². The molecule has 0 fully saturated rings. The topological polar surface area (TPSA) is 26.3 Å². The van der Waals surface area contributed by atoms with E-state index in [0.717, 1.165) is 23.9 Å². The average Bonchev–Trinajstić information content (AvgIpc) is 2.47. The Labute approximate surface area is 141 Å². The van der Waals surface area contributed by atoms with Gasteiger partial charge in [0.1, 0.15) is 6.29 Å². The van der Waals surface area contributed by atoms with Crippen molar-refractivity contribution in [1.29, 1.82) is 0 Å². The van der Waals surface area contributed by atoms with Crippen LogP contribution in [0.15, 0.2) is 71.4 Å². The van der Waals surface area contributed by atoms with Crippen LogP contribution in [0.25, 0.3) is 0 Å². The Hall–Kier alpha value is -1.93. The summed E-state index contributed by atoms with van der Waals surface area (Å²) in [6, 6.07) is 0. The summed E-state index contributed by atoms with van der Waals surface area (Å²) in [6.07, 6.45) is 19.5. The van der Waals surface area contributed by atoms with Crippen LogP contribution in [-0.2, 0) is 9.53 Å². The first-order chi connectivity index (χ1) is 10.8. The number of hydrogen-bond donors (Lipinski definition) is 0. The molecule has 0 aliphatic carbocycles. The van der Waals surface area contributed by atoms with Crippen molar-refractivity contribution in [2.75, 3.05) is 7.11 Å². The minimum Gasteiger partial charge on any atom is -0.378 e. The molecule has 0 saturated heterocycles. The normalized spacial score (nSPS) is 15.3. The SMILES string of the molecule is COC(C)(C)C/C=C/C(C)=C/C=C/C(C)=C\C=C\C(C)=C\C=O. The lowest BCUT2D eigenvalue weighted by Gasteiger charge is -2.20. The lowest BCUT2D eigenvalue weighted by molar-refractivity contribution is -0.104. The van der Waals surface area contributed by atoms with E-state index in [0.29, 0.717) is 0 Å². The third kappa shape index (κ3) is 12.3. The zero-order valence-corrected chi connectivity index (χ0v) is 15.3. The molecule has 0 N–H and O–H groups in total. The molecule has 0 atom stereocenters. The Balaban J connectivity index is 4.51. The second-order valence-corrected chi connectivity index (χ2v) is 6.16. The van der Waals surface area contributed by atoms with Gasteiger partial charge in [-0.1, -0.05) is 59.8 Å². The van der Waals surface area contributed by atoms with Crippen molar-refractivity contribution in [3.8, 4) is 0 Å². The van der Waals surface area contributed by atoms with Crippen molar-refractivity contribution in [2.24, 2.45) is 0 Å². The Morgan fingerprint density at radius 3 is 1.83 bits per heavy atom. The van der Waals surface area contributed by atoms with Gasteiger partial charge < -0.3 is 4.74 Å². The van der Waals surface area contributed by atoms with Gasteiger partial charge in [0, 0.05) is 7.11 Å². The Kier molecular flexibility index (Phi) is 10.6. The van der Waals surface area contributed by atoms with E-state index >= 15 is 0 Å². The van der Waals surface area contributed by atoms with E-state index < -0.39 is 0 Å². The third-order valence-electron chi connectivity index (χ3n) is 3.31. The Morgan fingerprint density at radius 1 is 0.870 bits per heavy atom. The van der Waals surface area contributed by atoms with Crippen LogP contribution in [0.5, 0.6) is 0 Å². The maximum Gasteiger partial charge on any atom is 0.143 e. The largest absolute Gasteiger partial charge is 0.378 e. The number of aldehydes is 1. The minimum atomic E-state index is -0.116. The minimum absolute atomic E-state index is 0.116. The molecule has 0 saturated carbocycles. The number of rotatable bonds is 9. The Morgan fingerprint density at radius 2 is 1.35 bits per heavy atom. The highest BCUT2D eigenvalue weighted by Gasteiger charge is 2.12. The molecule has 0 amide bonds. The molecule has 23 heavy (non-hydrogen) atoms. The van der Waals surface area contributed by atoms with E-state index in [4.69, 9.17) is 4.74 Å².